The number of hydrogen-bond acceptors (Lipinski definition) is 0. The van der Waals surface area contributed by atoms with E-state index in [0.717, 1.165) is 12.1 Å². The molecule has 0 nitrogen and oxygen atoms in total. The maximum Gasteiger partial charge on any atom is 0.416 e. The predicted octanol–water partition coefficient (Wildman–Crippen LogP) is 5.47. The molecular formula is C14H9ClF4. The summed E-state index contributed by atoms with van der Waals surface area (Å²) in [5.41, 5.74) is -0.155. The summed E-state index contributed by atoms with van der Waals surface area (Å²) in [4.78, 5) is 0. The van der Waals surface area contributed by atoms with E-state index in [-0.39, 0.29) is 16.1 Å². The molecule has 19 heavy (non-hydrogen) atoms. The van der Waals surface area contributed by atoms with Gasteiger partial charge in [-0.2, -0.15) is 13.2 Å². The molecule has 2 aromatic rings. The normalized spacial score (nSPS) is 11.7. The average Bonchev–Trinajstić information content (AvgIpc) is 2.29. The number of rotatable bonds is 1. The second kappa shape index (κ2) is 4.85. The van der Waals surface area contributed by atoms with E-state index in [2.05, 4.69) is 0 Å². The Morgan fingerprint density at radius 2 is 1.74 bits per heavy atom. The molecule has 0 atom stereocenters. The Hall–Kier alpha value is -1.55. The molecule has 5 heteroatoms. The molecule has 100 valence electrons. The van der Waals surface area contributed by atoms with Crippen LogP contribution in [0.15, 0.2) is 36.4 Å². The van der Waals surface area contributed by atoms with Crippen molar-refractivity contribution >= 4 is 11.6 Å². The molecule has 0 aromatic heterocycles. The first-order valence-corrected chi connectivity index (χ1v) is 5.80. The van der Waals surface area contributed by atoms with E-state index in [1.54, 1.807) is 6.92 Å². The van der Waals surface area contributed by atoms with E-state index in [4.69, 9.17) is 11.6 Å². The molecule has 0 unspecified atom stereocenters. The van der Waals surface area contributed by atoms with Crippen LogP contribution < -0.4 is 0 Å². The predicted molar refractivity (Wildman–Crippen MR) is 66.6 cm³/mol. The molecule has 0 amide bonds. The Balaban J connectivity index is 2.69. The van der Waals surface area contributed by atoms with Gasteiger partial charge >= 0.3 is 6.18 Å². The number of benzene rings is 2. The van der Waals surface area contributed by atoms with Crippen LogP contribution >= 0.6 is 11.6 Å². The minimum absolute atomic E-state index is 0.00670. The lowest BCUT2D eigenvalue weighted by Gasteiger charge is -2.13. The van der Waals surface area contributed by atoms with Crippen LogP contribution in [0.1, 0.15) is 11.1 Å². The Bertz CT molecular complexity index is 597. The fraction of sp³-hybridized carbons (Fsp3) is 0.143. The fourth-order valence-corrected chi connectivity index (χ4v) is 2.09. The van der Waals surface area contributed by atoms with Crippen LogP contribution in [0.2, 0.25) is 5.02 Å². The van der Waals surface area contributed by atoms with Gasteiger partial charge in [0, 0.05) is 5.56 Å². The topological polar surface area (TPSA) is 0 Å². The van der Waals surface area contributed by atoms with E-state index >= 15 is 0 Å². The highest BCUT2D eigenvalue weighted by molar-refractivity contribution is 6.33. The summed E-state index contributed by atoms with van der Waals surface area (Å²) in [5, 5.41) is 0.0856. The summed E-state index contributed by atoms with van der Waals surface area (Å²) in [6, 6.07) is 7.21. The van der Waals surface area contributed by atoms with Crippen molar-refractivity contribution in [3.63, 3.8) is 0 Å². The van der Waals surface area contributed by atoms with Gasteiger partial charge in [-0.1, -0.05) is 23.7 Å². The van der Waals surface area contributed by atoms with E-state index < -0.39 is 17.6 Å². The highest BCUT2D eigenvalue weighted by Crippen LogP contribution is 2.37. The number of hydrogen-bond donors (Lipinski definition) is 0. The fourth-order valence-electron chi connectivity index (χ4n) is 1.82. The molecule has 0 bridgehead atoms. The third-order valence-electron chi connectivity index (χ3n) is 2.80. The van der Waals surface area contributed by atoms with Gasteiger partial charge in [0.15, 0.2) is 0 Å². The van der Waals surface area contributed by atoms with Gasteiger partial charge in [0.2, 0.25) is 0 Å². The Morgan fingerprint density at radius 3 is 2.32 bits per heavy atom. The third-order valence-corrected chi connectivity index (χ3v) is 3.11. The zero-order chi connectivity index (χ0) is 14.2. The Morgan fingerprint density at radius 1 is 1.05 bits per heavy atom. The van der Waals surface area contributed by atoms with Gasteiger partial charge in [0.1, 0.15) is 5.82 Å². The van der Waals surface area contributed by atoms with Crippen molar-refractivity contribution in [2.24, 2.45) is 0 Å². The first-order chi connectivity index (χ1) is 8.80. The molecule has 0 N–H and O–H groups in total. The molecule has 0 fully saturated rings. The van der Waals surface area contributed by atoms with Gasteiger partial charge in [-0.15, -0.1) is 0 Å². The smallest absolute Gasteiger partial charge is 0.206 e. The largest absolute Gasteiger partial charge is 0.416 e. The highest BCUT2D eigenvalue weighted by Gasteiger charge is 2.31. The maximum absolute atomic E-state index is 13.8. The lowest BCUT2D eigenvalue weighted by atomic mass is 9.97. The molecule has 0 radical (unpaired) electrons. The standard InChI is InChI=1S/C14H9ClF4/c1-8-5-6-9(14(17,18)19)7-10(8)13-11(15)3-2-4-12(13)16/h2-7H,1H3. The summed E-state index contributed by atoms with van der Waals surface area (Å²) in [6.45, 7) is 1.61. The number of alkyl halides is 3. The van der Waals surface area contributed by atoms with Gasteiger partial charge in [0.05, 0.1) is 10.6 Å². The summed E-state index contributed by atoms with van der Waals surface area (Å²) in [5.74, 6) is -0.644. The molecular weight excluding hydrogens is 280 g/mol. The van der Waals surface area contributed by atoms with Crippen LogP contribution in [-0.4, -0.2) is 0 Å². The first-order valence-electron chi connectivity index (χ1n) is 5.43. The highest BCUT2D eigenvalue weighted by atomic mass is 35.5. The molecule has 2 rings (SSSR count). The molecule has 2 aromatic carbocycles. The van der Waals surface area contributed by atoms with Gasteiger partial charge in [0.25, 0.3) is 0 Å². The van der Waals surface area contributed by atoms with Gasteiger partial charge < -0.3 is 0 Å². The van der Waals surface area contributed by atoms with Crippen molar-refractivity contribution in [1.29, 1.82) is 0 Å². The zero-order valence-electron chi connectivity index (χ0n) is 9.85. The van der Waals surface area contributed by atoms with Crippen molar-refractivity contribution in [3.05, 3.63) is 58.4 Å². The molecule has 0 saturated heterocycles. The Labute approximate surface area is 112 Å². The van der Waals surface area contributed by atoms with E-state index in [9.17, 15) is 17.6 Å². The maximum atomic E-state index is 13.8. The molecule has 0 spiro atoms. The van der Waals surface area contributed by atoms with Gasteiger partial charge in [-0.05, 0) is 42.3 Å². The minimum atomic E-state index is -4.47. The van der Waals surface area contributed by atoms with Gasteiger partial charge in [-0.25, -0.2) is 4.39 Å². The van der Waals surface area contributed by atoms with Crippen LogP contribution in [0, 0.1) is 12.7 Å². The second-order valence-electron chi connectivity index (χ2n) is 4.12. The van der Waals surface area contributed by atoms with E-state index in [1.807, 2.05) is 0 Å². The van der Waals surface area contributed by atoms with Crippen molar-refractivity contribution in [3.8, 4) is 11.1 Å². The number of halogens is 5. The van der Waals surface area contributed by atoms with Gasteiger partial charge in [-0.3, -0.25) is 0 Å². The lowest BCUT2D eigenvalue weighted by molar-refractivity contribution is -0.137. The molecule has 0 saturated carbocycles. The monoisotopic (exact) mass is 288 g/mol. The lowest BCUT2D eigenvalue weighted by Crippen LogP contribution is -2.05. The SMILES string of the molecule is Cc1ccc(C(F)(F)F)cc1-c1c(F)cccc1Cl. The molecule has 0 heterocycles. The summed E-state index contributed by atoms with van der Waals surface area (Å²) >= 11 is 5.88. The van der Waals surface area contributed by atoms with E-state index in [1.165, 1.54) is 24.3 Å². The average molecular weight is 289 g/mol. The van der Waals surface area contributed by atoms with Crippen molar-refractivity contribution in [2.75, 3.05) is 0 Å². The van der Waals surface area contributed by atoms with Crippen LogP contribution in [0.25, 0.3) is 11.1 Å². The van der Waals surface area contributed by atoms with Crippen LogP contribution in [-0.2, 0) is 6.18 Å². The minimum Gasteiger partial charge on any atom is -0.206 e. The van der Waals surface area contributed by atoms with Crippen molar-refractivity contribution in [1.82, 2.24) is 0 Å². The van der Waals surface area contributed by atoms with E-state index in [0.29, 0.717) is 5.56 Å². The first kappa shape index (κ1) is 13.9. The van der Waals surface area contributed by atoms with Crippen molar-refractivity contribution in [2.45, 2.75) is 13.1 Å². The van der Waals surface area contributed by atoms with Crippen LogP contribution in [0.3, 0.4) is 0 Å². The number of aryl methyl sites for hydroxylation is 1. The quantitative estimate of drug-likeness (QED) is 0.610. The molecule has 0 aliphatic rings. The zero-order valence-corrected chi connectivity index (χ0v) is 10.6. The second-order valence-corrected chi connectivity index (χ2v) is 4.53. The summed E-state index contributed by atoms with van der Waals surface area (Å²) in [7, 11) is 0. The molecule has 0 aliphatic heterocycles. The van der Waals surface area contributed by atoms with Crippen LogP contribution in [0.5, 0.6) is 0 Å². The Kier molecular flexibility index (Phi) is 3.54. The van der Waals surface area contributed by atoms with Crippen molar-refractivity contribution < 1.29 is 17.6 Å². The summed E-state index contributed by atoms with van der Waals surface area (Å²) in [6.07, 6.45) is -4.47. The molecule has 0 aliphatic carbocycles. The summed E-state index contributed by atoms with van der Waals surface area (Å²) < 4.78 is 51.8. The third kappa shape index (κ3) is 2.73. The van der Waals surface area contributed by atoms with Crippen LogP contribution in [0.4, 0.5) is 17.6 Å².